The van der Waals surface area contributed by atoms with Gasteiger partial charge in [0.1, 0.15) is 24.6 Å². The number of nitrogens with zero attached hydrogens (tertiary/aromatic N) is 4. The van der Waals surface area contributed by atoms with Crippen LogP contribution in [0.5, 0.6) is 0 Å². The van der Waals surface area contributed by atoms with Crippen molar-refractivity contribution in [2.45, 2.75) is 62.4 Å². The zero-order valence-corrected chi connectivity index (χ0v) is 14.4. The molecule has 0 aromatic carbocycles. The quantitative estimate of drug-likeness (QED) is 0.468. The summed E-state index contributed by atoms with van der Waals surface area (Å²) < 4.78 is 7.06. The average Bonchev–Trinajstić information content (AvgIpc) is 3.26. The second kappa shape index (κ2) is 6.39. The summed E-state index contributed by atoms with van der Waals surface area (Å²) in [5, 5.41) is 43.1. The van der Waals surface area contributed by atoms with Crippen molar-refractivity contribution in [1.82, 2.24) is 19.5 Å². The van der Waals surface area contributed by atoms with Crippen molar-refractivity contribution in [1.29, 1.82) is 0 Å². The lowest BCUT2D eigenvalue weighted by Gasteiger charge is -2.26. The predicted octanol–water partition coefficient (Wildman–Crippen LogP) is -0.847. The highest BCUT2D eigenvalue weighted by Gasteiger charge is 2.44. The third-order valence-electron chi connectivity index (χ3n) is 5.39. The van der Waals surface area contributed by atoms with Crippen LogP contribution in [0.3, 0.4) is 0 Å². The first-order valence-electron chi connectivity index (χ1n) is 8.71. The van der Waals surface area contributed by atoms with E-state index in [0.717, 1.165) is 19.3 Å². The van der Waals surface area contributed by atoms with Gasteiger partial charge in [0.05, 0.1) is 24.6 Å². The van der Waals surface area contributed by atoms with Gasteiger partial charge >= 0.3 is 0 Å². The Balaban J connectivity index is 1.66. The van der Waals surface area contributed by atoms with Crippen LogP contribution in [-0.2, 0) is 4.74 Å². The number of fused-ring (bicyclic) bond motifs is 1. The van der Waals surface area contributed by atoms with Gasteiger partial charge in [0.15, 0.2) is 23.2 Å². The number of ether oxygens (including phenoxy) is 1. The lowest BCUT2D eigenvalue weighted by Crippen LogP contribution is -2.39. The molecule has 0 radical (unpaired) electrons. The van der Waals surface area contributed by atoms with Crippen LogP contribution in [0.25, 0.3) is 11.2 Å². The number of imidazole rings is 1. The first kappa shape index (κ1) is 17.6. The summed E-state index contributed by atoms with van der Waals surface area (Å²) in [6.45, 7) is 1.40. The fourth-order valence-corrected chi connectivity index (χ4v) is 3.80. The van der Waals surface area contributed by atoms with E-state index in [1.54, 1.807) is 6.92 Å². The van der Waals surface area contributed by atoms with Crippen LogP contribution in [-0.4, -0.2) is 76.5 Å². The lowest BCUT2D eigenvalue weighted by atomic mass is 10.0. The predicted molar refractivity (Wildman–Crippen MR) is 90.2 cm³/mol. The van der Waals surface area contributed by atoms with E-state index in [1.165, 1.54) is 17.2 Å². The van der Waals surface area contributed by atoms with E-state index in [2.05, 4.69) is 20.3 Å². The number of nitrogens with one attached hydrogen (secondary N) is 1. The molecule has 0 amide bonds. The smallest absolute Gasteiger partial charge is 0.167 e. The van der Waals surface area contributed by atoms with Gasteiger partial charge in [-0.3, -0.25) is 4.57 Å². The molecule has 5 N–H and O–H groups in total. The van der Waals surface area contributed by atoms with Crippen LogP contribution >= 0.6 is 0 Å². The van der Waals surface area contributed by atoms with E-state index in [-0.39, 0.29) is 6.04 Å². The molecule has 142 valence electrons. The molecule has 1 aliphatic carbocycles. The highest BCUT2D eigenvalue weighted by atomic mass is 16.6. The van der Waals surface area contributed by atoms with Crippen LogP contribution in [0.4, 0.5) is 5.82 Å². The Morgan fingerprint density at radius 2 is 2.12 bits per heavy atom. The van der Waals surface area contributed by atoms with Crippen molar-refractivity contribution in [2.75, 3.05) is 11.9 Å². The number of anilines is 1. The first-order valence-corrected chi connectivity index (χ1v) is 8.71. The number of hydrogen-bond donors (Lipinski definition) is 5. The average molecular weight is 365 g/mol. The molecule has 1 saturated carbocycles. The molecule has 2 fully saturated rings. The van der Waals surface area contributed by atoms with Crippen LogP contribution in [0.15, 0.2) is 12.7 Å². The summed E-state index contributed by atoms with van der Waals surface area (Å²) >= 11 is 0. The molecule has 2 aromatic heterocycles. The van der Waals surface area contributed by atoms with Crippen molar-refractivity contribution in [2.24, 2.45) is 0 Å². The van der Waals surface area contributed by atoms with E-state index < -0.39 is 36.7 Å². The first-order chi connectivity index (χ1) is 12.4. The summed E-state index contributed by atoms with van der Waals surface area (Å²) in [6, 6.07) is -0.139. The molecule has 1 unspecified atom stereocenters. The minimum Gasteiger partial charge on any atom is -0.394 e. The monoisotopic (exact) mass is 365 g/mol. The number of aliphatic hydroxyl groups is 4. The maximum atomic E-state index is 10.4. The normalized spacial score (nSPS) is 37.5. The fraction of sp³-hybridized carbons (Fsp3) is 0.688. The summed E-state index contributed by atoms with van der Waals surface area (Å²) in [6.07, 6.45) is 1.09. The van der Waals surface area contributed by atoms with Gasteiger partial charge in [0.25, 0.3) is 0 Å². The van der Waals surface area contributed by atoms with Crippen molar-refractivity contribution < 1.29 is 25.2 Å². The zero-order valence-electron chi connectivity index (χ0n) is 14.4. The third kappa shape index (κ3) is 2.74. The van der Waals surface area contributed by atoms with Gasteiger partial charge in [-0.05, 0) is 26.2 Å². The number of hydrogen-bond acceptors (Lipinski definition) is 9. The second-order valence-corrected chi connectivity index (χ2v) is 7.22. The lowest BCUT2D eigenvalue weighted by molar-refractivity contribution is -0.0511. The van der Waals surface area contributed by atoms with Crippen LogP contribution in [0.2, 0.25) is 0 Å². The van der Waals surface area contributed by atoms with Gasteiger partial charge in [-0.15, -0.1) is 0 Å². The van der Waals surface area contributed by atoms with E-state index in [9.17, 15) is 20.4 Å². The Kier molecular flexibility index (Phi) is 4.32. The Labute approximate surface area is 149 Å². The topological polar surface area (TPSA) is 146 Å². The molecule has 1 aliphatic heterocycles. The van der Waals surface area contributed by atoms with E-state index in [4.69, 9.17) is 4.74 Å². The standard InChI is InChI=1S/C16H23N5O5/c1-16(25)4-2-3-9(16)20-13-10-14(18-6-17-13)21(7-19-10)15-12(24)11(23)8(5-22)26-15/h6-9,11-12,15,22-25H,2-5H2,1H3,(H,17,18,20)/t8-,9?,11-,12-,15-,16-/m1/s1. The van der Waals surface area contributed by atoms with Gasteiger partial charge in [0.2, 0.25) is 0 Å². The van der Waals surface area contributed by atoms with E-state index >= 15 is 0 Å². The molecule has 2 aliphatic rings. The molecule has 1 saturated heterocycles. The zero-order chi connectivity index (χ0) is 18.5. The molecule has 6 atom stereocenters. The van der Waals surface area contributed by atoms with Crippen molar-refractivity contribution in [3.05, 3.63) is 12.7 Å². The van der Waals surface area contributed by atoms with Crippen molar-refractivity contribution in [3.63, 3.8) is 0 Å². The maximum absolute atomic E-state index is 10.4. The molecular weight excluding hydrogens is 342 g/mol. The SMILES string of the molecule is C[C@@]1(O)CCCC1Nc1ncnc2c1ncn2[C@@H]1O[C@H](CO)[C@@H](O)[C@H]1O. The Bertz CT molecular complexity index is 796. The van der Waals surface area contributed by atoms with Crippen molar-refractivity contribution in [3.8, 4) is 0 Å². The molecule has 3 heterocycles. The summed E-state index contributed by atoms with van der Waals surface area (Å²) in [5.41, 5.74) is 0.0891. The Morgan fingerprint density at radius 3 is 2.77 bits per heavy atom. The molecule has 10 heteroatoms. The third-order valence-corrected chi connectivity index (χ3v) is 5.39. The Hall–Kier alpha value is -1.85. The molecule has 2 aromatic rings. The van der Waals surface area contributed by atoms with Gasteiger partial charge in [0, 0.05) is 0 Å². The minimum absolute atomic E-state index is 0.139. The van der Waals surface area contributed by atoms with Crippen LogP contribution < -0.4 is 5.32 Å². The van der Waals surface area contributed by atoms with Crippen LogP contribution in [0.1, 0.15) is 32.4 Å². The molecule has 26 heavy (non-hydrogen) atoms. The summed E-state index contributed by atoms with van der Waals surface area (Å²) in [4.78, 5) is 12.8. The van der Waals surface area contributed by atoms with Gasteiger partial charge in [-0.2, -0.15) is 0 Å². The van der Waals surface area contributed by atoms with E-state index in [0.29, 0.717) is 17.0 Å². The van der Waals surface area contributed by atoms with Gasteiger partial charge < -0.3 is 30.5 Å². The molecule has 0 bridgehead atoms. The molecule has 10 nitrogen and oxygen atoms in total. The van der Waals surface area contributed by atoms with Crippen molar-refractivity contribution >= 4 is 17.0 Å². The fourth-order valence-electron chi connectivity index (χ4n) is 3.80. The van der Waals surface area contributed by atoms with Crippen LogP contribution in [0, 0.1) is 0 Å². The summed E-state index contributed by atoms with van der Waals surface area (Å²) in [5.74, 6) is 0.493. The highest BCUT2D eigenvalue weighted by Crippen LogP contribution is 2.34. The molecule has 4 rings (SSSR count). The van der Waals surface area contributed by atoms with E-state index in [1.807, 2.05) is 0 Å². The largest absolute Gasteiger partial charge is 0.394 e. The number of aromatic nitrogens is 4. The highest BCUT2D eigenvalue weighted by molar-refractivity contribution is 5.83. The number of aliphatic hydroxyl groups excluding tert-OH is 3. The summed E-state index contributed by atoms with van der Waals surface area (Å²) in [7, 11) is 0. The minimum atomic E-state index is -1.22. The van der Waals surface area contributed by atoms with Gasteiger partial charge in [-0.1, -0.05) is 0 Å². The molecular formula is C16H23N5O5. The molecule has 0 spiro atoms. The van der Waals surface area contributed by atoms with Gasteiger partial charge in [-0.25, -0.2) is 15.0 Å². The second-order valence-electron chi connectivity index (χ2n) is 7.22. The number of rotatable bonds is 4. The Morgan fingerprint density at radius 1 is 1.31 bits per heavy atom. The maximum Gasteiger partial charge on any atom is 0.167 e.